The first-order valence-corrected chi connectivity index (χ1v) is 9.44. The minimum Gasteiger partial charge on any atom is -0.351 e. The summed E-state index contributed by atoms with van der Waals surface area (Å²) in [5, 5.41) is 0. The van der Waals surface area contributed by atoms with Gasteiger partial charge in [-0.2, -0.15) is 0 Å². The van der Waals surface area contributed by atoms with Gasteiger partial charge in [-0.3, -0.25) is 4.79 Å². The number of thiazole rings is 1. The molecule has 0 bridgehead atoms. The van der Waals surface area contributed by atoms with E-state index in [1.807, 2.05) is 48.5 Å². The molecule has 23 heavy (non-hydrogen) atoms. The Morgan fingerprint density at radius 3 is 2.78 bits per heavy atom. The van der Waals surface area contributed by atoms with Gasteiger partial charge in [0.1, 0.15) is 0 Å². The number of fused-ring (bicyclic) bond motifs is 1. The Bertz CT molecular complexity index is 777. The van der Waals surface area contributed by atoms with Gasteiger partial charge in [0.2, 0.25) is 0 Å². The molecule has 4 nitrogen and oxygen atoms in total. The summed E-state index contributed by atoms with van der Waals surface area (Å²) in [5.41, 5.74) is 1.70. The molecule has 3 heterocycles. The van der Waals surface area contributed by atoms with Gasteiger partial charge in [0.05, 0.1) is 11.6 Å². The summed E-state index contributed by atoms with van der Waals surface area (Å²) in [7, 11) is 2.02. The molecule has 7 heteroatoms. The average molecular weight is 364 g/mol. The van der Waals surface area contributed by atoms with Crippen LogP contribution in [0.15, 0.2) is 42.7 Å². The molecule has 1 fully saturated rings. The summed E-state index contributed by atoms with van der Waals surface area (Å²) in [5.74, 6) is 0.925. The van der Waals surface area contributed by atoms with Gasteiger partial charge in [-0.15, -0.1) is 23.1 Å². The predicted molar refractivity (Wildman–Crippen MR) is 95.1 cm³/mol. The summed E-state index contributed by atoms with van der Waals surface area (Å²) in [6, 6.07) is 9.83. The van der Waals surface area contributed by atoms with Crippen molar-refractivity contribution >= 4 is 46.2 Å². The Labute approximate surface area is 147 Å². The van der Waals surface area contributed by atoms with Gasteiger partial charge in [-0.25, -0.2) is 4.98 Å². The fourth-order valence-corrected chi connectivity index (χ4v) is 5.52. The van der Waals surface area contributed by atoms with Crippen LogP contribution in [0.4, 0.5) is 0 Å². The smallest absolute Gasteiger partial charge is 0.258 e. The summed E-state index contributed by atoms with van der Waals surface area (Å²) < 4.78 is 0.519. The molecule has 4 rings (SSSR count). The van der Waals surface area contributed by atoms with Gasteiger partial charge >= 0.3 is 0 Å². The maximum Gasteiger partial charge on any atom is 0.258 e. The van der Waals surface area contributed by atoms with E-state index in [2.05, 4.69) is 9.88 Å². The van der Waals surface area contributed by atoms with Gasteiger partial charge < -0.3 is 9.80 Å². The molecule has 0 N–H and O–H groups in total. The van der Waals surface area contributed by atoms with Crippen molar-refractivity contribution in [1.29, 1.82) is 0 Å². The number of halogens is 1. The normalized spacial score (nSPS) is 23.9. The number of hydrogen-bond donors (Lipinski definition) is 0. The molecule has 2 aliphatic heterocycles. The van der Waals surface area contributed by atoms with Crippen LogP contribution in [0.25, 0.3) is 5.57 Å². The van der Waals surface area contributed by atoms with Crippen LogP contribution in [0, 0.1) is 0 Å². The Hall–Kier alpha value is -1.50. The van der Waals surface area contributed by atoms with E-state index in [1.54, 1.807) is 18.0 Å². The van der Waals surface area contributed by atoms with Crippen molar-refractivity contribution in [2.75, 3.05) is 12.8 Å². The molecule has 1 aromatic heterocycles. The largest absolute Gasteiger partial charge is 0.351 e. The number of hydrogen-bond acceptors (Lipinski definition) is 5. The van der Waals surface area contributed by atoms with Crippen molar-refractivity contribution in [3.63, 3.8) is 0 Å². The molecule has 2 aliphatic rings. The Balaban J connectivity index is 1.73. The Morgan fingerprint density at radius 1 is 1.30 bits per heavy atom. The standard InChI is InChI=1S/C16H14ClN3OS2/c1-19-8-11(10-5-3-2-4-6-10)14(21)20-12(9-22-16(19)20)13-7-18-15(17)23-13/h2-8,12,16H,9H2,1H3. The van der Waals surface area contributed by atoms with Crippen LogP contribution < -0.4 is 0 Å². The molecular weight excluding hydrogens is 350 g/mol. The molecule has 2 unspecified atom stereocenters. The summed E-state index contributed by atoms with van der Waals surface area (Å²) >= 11 is 9.20. The molecule has 1 amide bonds. The monoisotopic (exact) mass is 363 g/mol. The van der Waals surface area contributed by atoms with E-state index in [0.29, 0.717) is 4.47 Å². The highest BCUT2D eigenvalue weighted by atomic mass is 35.5. The molecule has 2 atom stereocenters. The second kappa shape index (κ2) is 5.85. The van der Waals surface area contributed by atoms with E-state index in [1.165, 1.54) is 11.3 Å². The number of thioether (sulfide) groups is 1. The van der Waals surface area contributed by atoms with E-state index in [-0.39, 0.29) is 17.4 Å². The zero-order valence-electron chi connectivity index (χ0n) is 12.3. The second-order valence-corrected chi connectivity index (χ2v) is 8.21. The molecule has 0 saturated carbocycles. The number of carbonyl (C=O) groups excluding carboxylic acids is 1. The third-order valence-electron chi connectivity index (χ3n) is 4.03. The van der Waals surface area contributed by atoms with E-state index < -0.39 is 0 Å². The maximum absolute atomic E-state index is 13.1. The molecule has 1 saturated heterocycles. The molecule has 0 spiro atoms. The van der Waals surface area contributed by atoms with Gasteiger partial charge in [-0.1, -0.05) is 41.9 Å². The van der Waals surface area contributed by atoms with Crippen molar-refractivity contribution in [3.05, 3.63) is 57.6 Å². The first-order valence-electron chi connectivity index (χ1n) is 7.20. The number of benzene rings is 1. The zero-order chi connectivity index (χ0) is 16.0. The van der Waals surface area contributed by atoms with Crippen LogP contribution in [-0.2, 0) is 4.79 Å². The van der Waals surface area contributed by atoms with Crippen molar-refractivity contribution in [3.8, 4) is 0 Å². The first kappa shape index (κ1) is 15.1. The lowest BCUT2D eigenvalue weighted by Gasteiger charge is -2.38. The zero-order valence-corrected chi connectivity index (χ0v) is 14.7. The SMILES string of the molecule is CN1C=C(c2ccccc2)C(=O)N2C(c3cnc(Cl)s3)CSC12. The number of rotatable bonds is 2. The molecule has 0 radical (unpaired) electrons. The number of carbonyl (C=O) groups is 1. The van der Waals surface area contributed by atoms with Gasteiger partial charge in [0.25, 0.3) is 5.91 Å². The molecule has 118 valence electrons. The van der Waals surface area contributed by atoms with E-state index >= 15 is 0 Å². The molecule has 1 aromatic carbocycles. The average Bonchev–Trinajstić information content (AvgIpc) is 3.18. The van der Waals surface area contributed by atoms with E-state index in [4.69, 9.17) is 11.6 Å². The molecular formula is C16H14ClN3OS2. The van der Waals surface area contributed by atoms with Crippen molar-refractivity contribution < 1.29 is 4.79 Å². The minimum absolute atomic E-state index is 0.0253. The second-order valence-electron chi connectivity index (χ2n) is 5.48. The van der Waals surface area contributed by atoms with E-state index in [0.717, 1.165) is 21.8 Å². The van der Waals surface area contributed by atoms with Crippen LogP contribution >= 0.6 is 34.7 Å². The quantitative estimate of drug-likeness (QED) is 0.815. The van der Waals surface area contributed by atoms with Crippen LogP contribution in [0.5, 0.6) is 0 Å². The fourth-order valence-electron chi connectivity index (χ4n) is 2.96. The summed E-state index contributed by atoms with van der Waals surface area (Å²) in [4.78, 5) is 22.3. The summed E-state index contributed by atoms with van der Waals surface area (Å²) in [6.07, 6.45) is 3.74. The molecule has 2 aromatic rings. The summed E-state index contributed by atoms with van der Waals surface area (Å²) in [6.45, 7) is 0. The van der Waals surface area contributed by atoms with Gasteiger partial charge in [0.15, 0.2) is 9.96 Å². The van der Waals surface area contributed by atoms with E-state index in [9.17, 15) is 4.79 Å². The van der Waals surface area contributed by atoms with Gasteiger partial charge in [0, 0.05) is 30.1 Å². The number of nitrogens with zero attached hydrogens (tertiary/aromatic N) is 3. The fraction of sp³-hybridized carbons (Fsp3) is 0.250. The minimum atomic E-state index is 0.0253. The molecule has 0 aliphatic carbocycles. The van der Waals surface area contributed by atoms with Gasteiger partial charge in [-0.05, 0) is 5.56 Å². The maximum atomic E-state index is 13.1. The van der Waals surface area contributed by atoms with Crippen molar-refractivity contribution in [2.24, 2.45) is 0 Å². The Morgan fingerprint density at radius 2 is 2.09 bits per heavy atom. The first-order chi connectivity index (χ1) is 11.1. The lowest BCUT2D eigenvalue weighted by Crippen LogP contribution is -2.47. The van der Waals surface area contributed by atoms with Crippen LogP contribution in [0.2, 0.25) is 4.47 Å². The third-order valence-corrected chi connectivity index (χ3v) is 6.61. The lowest BCUT2D eigenvalue weighted by molar-refractivity contribution is -0.130. The number of amides is 1. The number of aromatic nitrogens is 1. The lowest BCUT2D eigenvalue weighted by atomic mass is 10.0. The third kappa shape index (κ3) is 2.55. The van der Waals surface area contributed by atoms with Crippen LogP contribution in [0.3, 0.4) is 0 Å². The highest BCUT2D eigenvalue weighted by Crippen LogP contribution is 2.45. The topological polar surface area (TPSA) is 36.4 Å². The van der Waals surface area contributed by atoms with Crippen molar-refractivity contribution in [1.82, 2.24) is 14.8 Å². The van der Waals surface area contributed by atoms with Crippen LogP contribution in [0.1, 0.15) is 16.5 Å². The highest BCUT2D eigenvalue weighted by molar-refractivity contribution is 8.00. The Kier molecular flexibility index (Phi) is 3.83. The highest BCUT2D eigenvalue weighted by Gasteiger charge is 2.44. The van der Waals surface area contributed by atoms with Crippen molar-refractivity contribution in [2.45, 2.75) is 11.5 Å². The predicted octanol–water partition coefficient (Wildman–Crippen LogP) is 3.68. The van der Waals surface area contributed by atoms with Crippen LogP contribution in [-0.4, -0.2) is 39.0 Å².